The van der Waals surface area contributed by atoms with E-state index in [4.69, 9.17) is 0 Å². The van der Waals surface area contributed by atoms with Crippen molar-refractivity contribution in [3.05, 3.63) is 0 Å². The molecule has 0 aromatic carbocycles. The van der Waals surface area contributed by atoms with Gasteiger partial charge in [-0.1, -0.05) is 97.8 Å². The molecule has 2 aliphatic rings. The summed E-state index contributed by atoms with van der Waals surface area (Å²) < 4.78 is 0.921. The number of hydrogen-bond donors (Lipinski definition) is 0. The Balaban J connectivity index is 1.58. The standard InChI is InChI=1S/C24H46S2/c1-4-6-8-10-12-18-24(3)19-25-23(26-20-24)22-16-14-21(15-17-22)13-11-9-7-5-2/h21-23H,4-20H2,1-3H3. The molecule has 0 aromatic rings. The third-order valence-corrected chi connectivity index (χ3v) is 10.8. The Morgan fingerprint density at radius 2 is 1.31 bits per heavy atom. The van der Waals surface area contributed by atoms with Gasteiger partial charge in [0.1, 0.15) is 0 Å². The average Bonchev–Trinajstić information content (AvgIpc) is 2.66. The molecule has 2 fully saturated rings. The molecule has 0 aromatic heterocycles. The first kappa shape index (κ1) is 23.0. The highest BCUT2D eigenvalue weighted by Crippen LogP contribution is 2.49. The molecule has 26 heavy (non-hydrogen) atoms. The molecule has 0 radical (unpaired) electrons. The van der Waals surface area contributed by atoms with Crippen molar-refractivity contribution in [2.24, 2.45) is 17.3 Å². The number of unbranched alkanes of at least 4 members (excludes halogenated alkanes) is 7. The van der Waals surface area contributed by atoms with E-state index in [0.717, 1.165) is 16.4 Å². The Labute approximate surface area is 173 Å². The predicted octanol–water partition coefficient (Wildman–Crippen LogP) is 8.94. The first-order chi connectivity index (χ1) is 12.7. The van der Waals surface area contributed by atoms with E-state index in [-0.39, 0.29) is 0 Å². The molecule has 0 nitrogen and oxygen atoms in total. The highest BCUT2D eigenvalue weighted by atomic mass is 32.2. The van der Waals surface area contributed by atoms with Gasteiger partial charge < -0.3 is 0 Å². The Morgan fingerprint density at radius 1 is 0.731 bits per heavy atom. The van der Waals surface area contributed by atoms with Crippen LogP contribution in [-0.2, 0) is 0 Å². The summed E-state index contributed by atoms with van der Waals surface area (Å²) in [6.07, 6.45) is 22.1. The van der Waals surface area contributed by atoms with Gasteiger partial charge in [-0.05, 0) is 36.5 Å². The van der Waals surface area contributed by atoms with Crippen LogP contribution in [0.4, 0.5) is 0 Å². The van der Waals surface area contributed by atoms with E-state index >= 15 is 0 Å². The van der Waals surface area contributed by atoms with Gasteiger partial charge in [0.25, 0.3) is 0 Å². The van der Waals surface area contributed by atoms with Crippen molar-refractivity contribution < 1.29 is 0 Å². The minimum absolute atomic E-state index is 0.620. The van der Waals surface area contributed by atoms with Gasteiger partial charge in [-0.15, -0.1) is 23.5 Å². The van der Waals surface area contributed by atoms with Gasteiger partial charge in [-0.25, -0.2) is 0 Å². The van der Waals surface area contributed by atoms with Crippen molar-refractivity contribution in [2.45, 2.75) is 122 Å². The van der Waals surface area contributed by atoms with E-state index in [2.05, 4.69) is 44.3 Å². The van der Waals surface area contributed by atoms with Gasteiger partial charge >= 0.3 is 0 Å². The molecule has 1 saturated heterocycles. The van der Waals surface area contributed by atoms with Crippen LogP contribution in [0.2, 0.25) is 0 Å². The zero-order valence-electron chi connectivity index (χ0n) is 18.1. The summed E-state index contributed by atoms with van der Waals surface area (Å²) in [6.45, 7) is 7.20. The van der Waals surface area contributed by atoms with Gasteiger partial charge in [0.15, 0.2) is 0 Å². The van der Waals surface area contributed by atoms with Crippen molar-refractivity contribution in [2.75, 3.05) is 11.5 Å². The molecule has 0 spiro atoms. The number of rotatable bonds is 12. The minimum atomic E-state index is 0.620. The Morgan fingerprint density at radius 3 is 1.92 bits per heavy atom. The number of hydrogen-bond acceptors (Lipinski definition) is 2. The zero-order valence-corrected chi connectivity index (χ0v) is 19.7. The van der Waals surface area contributed by atoms with Crippen molar-refractivity contribution in [3.8, 4) is 0 Å². The number of thioether (sulfide) groups is 2. The second-order valence-corrected chi connectivity index (χ2v) is 12.2. The molecular formula is C24H46S2. The van der Waals surface area contributed by atoms with Crippen molar-refractivity contribution in [1.29, 1.82) is 0 Å². The maximum atomic E-state index is 2.57. The molecule has 1 heterocycles. The third-order valence-electron chi connectivity index (χ3n) is 6.82. The summed E-state index contributed by atoms with van der Waals surface area (Å²) in [5, 5.41) is 0. The Hall–Kier alpha value is 0.700. The fraction of sp³-hybridized carbons (Fsp3) is 1.00. The van der Waals surface area contributed by atoms with Crippen LogP contribution in [-0.4, -0.2) is 16.1 Å². The van der Waals surface area contributed by atoms with Crippen LogP contribution in [0.3, 0.4) is 0 Å². The summed E-state index contributed by atoms with van der Waals surface area (Å²) in [5.74, 6) is 4.94. The van der Waals surface area contributed by atoms with Crippen LogP contribution >= 0.6 is 23.5 Å². The molecule has 0 unspecified atom stereocenters. The lowest BCUT2D eigenvalue weighted by molar-refractivity contribution is 0.268. The van der Waals surface area contributed by atoms with Gasteiger partial charge in [0, 0.05) is 11.5 Å². The summed E-state index contributed by atoms with van der Waals surface area (Å²) in [4.78, 5) is 0. The van der Waals surface area contributed by atoms with Crippen LogP contribution in [0.1, 0.15) is 117 Å². The van der Waals surface area contributed by atoms with E-state index in [9.17, 15) is 0 Å². The fourth-order valence-corrected chi connectivity index (χ4v) is 8.47. The molecule has 0 N–H and O–H groups in total. The fourth-order valence-electron chi connectivity index (χ4n) is 4.84. The lowest BCUT2D eigenvalue weighted by Gasteiger charge is -2.41. The van der Waals surface area contributed by atoms with Gasteiger partial charge in [-0.3, -0.25) is 0 Å². The van der Waals surface area contributed by atoms with Crippen LogP contribution in [0.15, 0.2) is 0 Å². The molecular weight excluding hydrogens is 352 g/mol. The molecule has 0 amide bonds. The normalized spacial score (nSPS) is 32.7. The highest BCUT2D eigenvalue weighted by Gasteiger charge is 2.36. The first-order valence-electron chi connectivity index (χ1n) is 11.9. The van der Waals surface area contributed by atoms with E-state index in [1.807, 2.05) is 0 Å². The van der Waals surface area contributed by atoms with E-state index in [1.54, 1.807) is 0 Å². The van der Waals surface area contributed by atoms with Crippen LogP contribution < -0.4 is 0 Å². The second kappa shape index (κ2) is 13.0. The molecule has 2 rings (SSSR count). The molecule has 0 atom stereocenters. The topological polar surface area (TPSA) is 0 Å². The average molecular weight is 399 g/mol. The van der Waals surface area contributed by atoms with Crippen LogP contribution in [0.25, 0.3) is 0 Å². The van der Waals surface area contributed by atoms with Gasteiger partial charge in [0.05, 0.1) is 4.58 Å². The van der Waals surface area contributed by atoms with Crippen molar-refractivity contribution in [3.63, 3.8) is 0 Å². The molecule has 154 valence electrons. The highest BCUT2D eigenvalue weighted by molar-refractivity contribution is 8.17. The van der Waals surface area contributed by atoms with E-state index < -0.39 is 0 Å². The summed E-state index contributed by atoms with van der Waals surface area (Å²) in [7, 11) is 0. The van der Waals surface area contributed by atoms with E-state index in [0.29, 0.717) is 5.41 Å². The smallest absolute Gasteiger partial charge is 0.0531 e. The molecule has 1 saturated carbocycles. The van der Waals surface area contributed by atoms with Crippen molar-refractivity contribution in [1.82, 2.24) is 0 Å². The largest absolute Gasteiger partial charge is 0.147 e. The molecule has 1 aliphatic carbocycles. The molecule has 2 heteroatoms. The van der Waals surface area contributed by atoms with E-state index in [1.165, 1.54) is 108 Å². The molecule has 0 bridgehead atoms. The van der Waals surface area contributed by atoms with Crippen LogP contribution in [0, 0.1) is 17.3 Å². The summed E-state index contributed by atoms with van der Waals surface area (Å²) >= 11 is 4.67. The lowest BCUT2D eigenvalue weighted by Crippen LogP contribution is -2.33. The quantitative estimate of drug-likeness (QED) is 0.301. The minimum Gasteiger partial charge on any atom is -0.147 e. The monoisotopic (exact) mass is 398 g/mol. The van der Waals surface area contributed by atoms with Crippen LogP contribution in [0.5, 0.6) is 0 Å². The SMILES string of the molecule is CCCCCCCC1(C)CSC(C2CCC(CCCCCC)CC2)SC1. The van der Waals surface area contributed by atoms with Gasteiger partial charge in [0.2, 0.25) is 0 Å². The molecule has 1 aliphatic heterocycles. The Kier molecular flexibility index (Phi) is 11.5. The zero-order chi connectivity index (χ0) is 18.7. The Bertz CT molecular complexity index is 338. The second-order valence-electron chi connectivity index (χ2n) is 9.60. The summed E-state index contributed by atoms with van der Waals surface area (Å²) in [6, 6.07) is 0. The maximum absolute atomic E-state index is 2.57. The maximum Gasteiger partial charge on any atom is 0.0531 e. The third kappa shape index (κ3) is 8.38. The predicted molar refractivity (Wildman–Crippen MR) is 124 cm³/mol. The lowest BCUT2D eigenvalue weighted by atomic mass is 9.80. The van der Waals surface area contributed by atoms with Gasteiger partial charge in [-0.2, -0.15) is 0 Å². The summed E-state index contributed by atoms with van der Waals surface area (Å²) in [5.41, 5.74) is 0.620. The first-order valence-corrected chi connectivity index (χ1v) is 14.0. The van der Waals surface area contributed by atoms with Crippen molar-refractivity contribution >= 4 is 23.5 Å².